The number of anilines is 1. The van der Waals surface area contributed by atoms with Crippen molar-refractivity contribution in [1.29, 1.82) is 0 Å². The monoisotopic (exact) mass is 493 g/mol. The number of ketones is 1. The van der Waals surface area contributed by atoms with Crippen LogP contribution in [0.4, 0.5) is 5.69 Å². The van der Waals surface area contributed by atoms with E-state index in [1.165, 1.54) is 11.8 Å². The van der Waals surface area contributed by atoms with Crippen molar-refractivity contribution in [2.75, 3.05) is 11.1 Å². The average Bonchev–Trinajstić information content (AvgIpc) is 2.93. The number of nitrogens with zero attached hydrogens (tertiary/aromatic N) is 1. The number of carbonyl (C=O) groups is 3. The Morgan fingerprint density at radius 3 is 2.22 bits per heavy atom. The van der Waals surface area contributed by atoms with Crippen molar-refractivity contribution in [3.05, 3.63) is 132 Å². The van der Waals surface area contributed by atoms with Gasteiger partial charge >= 0.3 is 0 Å². The number of hydrogen-bond donors (Lipinski definition) is 2. The van der Waals surface area contributed by atoms with Gasteiger partial charge in [0, 0.05) is 34.1 Å². The maximum atomic E-state index is 13.2. The Hall–Kier alpha value is -4.49. The minimum Gasteiger partial charge on any atom is -0.321 e. The summed E-state index contributed by atoms with van der Waals surface area (Å²) < 4.78 is 0. The van der Waals surface area contributed by atoms with E-state index < -0.39 is 11.8 Å². The van der Waals surface area contributed by atoms with Crippen molar-refractivity contribution in [2.45, 2.75) is 4.90 Å². The molecule has 7 heteroatoms. The molecule has 0 spiro atoms. The summed E-state index contributed by atoms with van der Waals surface area (Å²) in [7, 11) is 0. The molecule has 0 bridgehead atoms. The number of aromatic nitrogens is 1. The van der Waals surface area contributed by atoms with Crippen molar-refractivity contribution in [2.24, 2.45) is 0 Å². The van der Waals surface area contributed by atoms with E-state index in [0.717, 1.165) is 4.90 Å². The molecule has 6 nitrogen and oxygen atoms in total. The molecule has 178 valence electrons. The van der Waals surface area contributed by atoms with Crippen LogP contribution in [-0.4, -0.2) is 28.3 Å². The van der Waals surface area contributed by atoms with Gasteiger partial charge in [-0.2, -0.15) is 0 Å². The largest absolute Gasteiger partial charge is 0.321 e. The first-order chi connectivity index (χ1) is 17.6. The van der Waals surface area contributed by atoms with Gasteiger partial charge in [-0.1, -0.05) is 60.7 Å². The van der Waals surface area contributed by atoms with Gasteiger partial charge in [0.2, 0.25) is 0 Å². The van der Waals surface area contributed by atoms with E-state index in [1.807, 2.05) is 30.3 Å². The lowest BCUT2D eigenvalue weighted by molar-refractivity contribution is -0.113. The van der Waals surface area contributed by atoms with Crippen LogP contribution in [0.2, 0.25) is 0 Å². The van der Waals surface area contributed by atoms with E-state index in [1.54, 1.807) is 85.2 Å². The number of carbonyl (C=O) groups excluding carboxylic acids is 3. The van der Waals surface area contributed by atoms with Gasteiger partial charge in [-0.15, -0.1) is 11.8 Å². The number of rotatable bonds is 9. The van der Waals surface area contributed by atoms with Gasteiger partial charge in [-0.3, -0.25) is 19.4 Å². The summed E-state index contributed by atoms with van der Waals surface area (Å²) in [6, 6.07) is 28.6. The second-order valence-electron chi connectivity index (χ2n) is 7.72. The molecular weight excluding hydrogens is 470 g/mol. The topological polar surface area (TPSA) is 88.2 Å². The van der Waals surface area contributed by atoms with Crippen LogP contribution in [0, 0.1) is 0 Å². The Labute approximate surface area is 213 Å². The lowest BCUT2D eigenvalue weighted by Crippen LogP contribution is -2.30. The molecular formula is C29H23N3O3S. The molecule has 1 aromatic heterocycles. The lowest BCUT2D eigenvalue weighted by atomic mass is 10.2. The fourth-order valence-electron chi connectivity index (χ4n) is 3.29. The molecule has 0 saturated heterocycles. The predicted molar refractivity (Wildman–Crippen MR) is 143 cm³/mol. The average molecular weight is 494 g/mol. The Balaban J connectivity index is 1.47. The first-order valence-electron chi connectivity index (χ1n) is 11.2. The Morgan fingerprint density at radius 2 is 1.53 bits per heavy atom. The van der Waals surface area contributed by atoms with Gasteiger partial charge in [0.1, 0.15) is 5.70 Å². The molecule has 0 radical (unpaired) electrons. The summed E-state index contributed by atoms with van der Waals surface area (Å²) in [6.07, 6.45) is 4.80. The molecule has 0 fully saturated rings. The number of pyridine rings is 1. The molecule has 0 unspecified atom stereocenters. The molecule has 2 amide bonds. The Bertz CT molecular complexity index is 1370. The maximum absolute atomic E-state index is 13.2. The van der Waals surface area contributed by atoms with E-state index in [4.69, 9.17) is 0 Å². The van der Waals surface area contributed by atoms with Crippen molar-refractivity contribution < 1.29 is 14.4 Å². The van der Waals surface area contributed by atoms with Gasteiger partial charge in [0.05, 0.1) is 5.75 Å². The third-order valence-electron chi connectivity index (χ3n) is 5.08. The summed E-state index contributed by atoms with van der Waals surface area (Å²) in [5, 5.41) is 5.55. The molecule has 0 aliphatic heterocycles. The van der Waals surface area contributed by atoms with E-state index >= 15 is 0 Å². The van der Waals surface area contributed by atoms with Gasteiger partial charge in [0.15, 0.2) is 5.78 Å². The molecule has 0 atom stereocenters. The van der Waals surface area contributed by atoms with E-state index in [-0.39, 0.29) is 17.2 Å². The molecule has 4 aromatic rings. The summed E-state index contributed by atoms with van der Waals surface area (Å²) in [5.41, 5.74) is 2.38. The highest BCUT2D eigenvalue weighted by molar-refractivity contribution is 8.00. The number of Topliss-reactive ketones (excluding diaryl/α,β-unsaturated/α-hetero) is 1. The number of hydrogen-bond acceptors (Lipinski definition) is 5. The first kappa shape index (κ1) is 24.6. The highest BCUT2D eigenvalue weighted by Crippen LogP contribution is 2.23. The smallest absolute Gasteiger partial charge is 0.272 e. The molecule has 0 aliphatic carbocycles. The molecule has 0 aliphatic rings. The van der Waals surface area contributed by atoms with Crippen LogP contribution in [0.15, 0.2) is 120 Å². The van der Waals surface area contributed by atoms with Gasteiger partial charge in [0.25, 0.3) is 11.8 Å². The van der Waals surface area contributed by atoms with Crippen LogP contribution >= 0.6 is 11.8 Å². The lowest BCUT2D eigenvalue weighted by Gasteiger charge is -2.12. The van der Waals surface area contributed by atoms with Crippen LogP contribution < -0.4 is 10.6 Å². The number of thioether (sulfide) groups is 1. The fourth-order valence-corrected chi connectivity index (χ4v) is 4.14. The van der Waals surface area contributed by atoms with Crippen molar-refractivity contribution in [1.82, 2.24) is 10.3 Å². The first-order valence-corrected chi connectivity index (χ1v) is 12.2. The van der Waals surface area contributed by atoms with Gasteiger partial charge in [-0.25, -0.2) is 0 Å². The maximum Gasteiger partial charge on any atom is 0.272 e. The standard InChI is InChI=1S/C29H23N3O3S/c33-27(22-10-3-1-4-11-22)20-36-25-15-7-14-24(18-25)31-29(35)26(17-21-9-8-16-30-19-21)32-28(34)23-12-5-2-6-13-23/h1-19H,20H2,(H,31,35)(H,32,34)/b26-17-. The molecule has 1 heterocycles. The highest BCUT2D eigenvalue weighted by atomic mass is 32.2. The zero-order valence-electron chi connectivity index (χ0n) is 19.3. The summed E-state index contributed by atoms with van der Waals surface area (Å²) in [5.74, 6) is -0.573. The Morgan fingerprint density at radius 1 is 0.806 bits per heavy atom. The quantitative estimate of drug-likeness (QED) is 0.183. The van der Waals surface area contributed by atoms with Gasteiger partial charge in [-0.05, 0) is 48.0 Å². The number of nitrogens with one attached hydrogen (secondary N) is 2. The summed E-state index contributed by atoms with van der Waals surface area (Å²) >= 11 is 1.39. The Kier molecular flexibility index (Phi) is 8.40. The molecule has 2 N–H and O–H groups in total. The molecule has 3 aromatic carbocycles. The van der Waals surface area contributed by atoms with Gasteiger partial charge < -0.3 is 10.6 Å². The van der Waals surface area contributed by atoms with Crippen LogP contribution in [0.1, 0.15) is 26.3 Å². The molecule has 36 heavy (non-hydrogen) atoms. The highest BCUT2D eigenvalue weighted by Gasteiger charge is 2.15. The van der Waals surface area contributed by atoms with E-state index in [2.05, 4.69) is 15.6 Å². The van der Waals surface area contributed by atoms with Crippen LogP contribution in [0.5, 0.6) is 0 Å². The normalized spacial score (nSPS) is 10.9. The molecule has 0 saturated carbocycles. The zero-order valence-corrected chi connectivity index (χ0v) is 20.1. The number of benzene rings is 3. The minimum atomic E-state index is -0.481. The predicted octanol–water partition coefficient (Wildman–Crippen LogP) is 5.47. The third-order valence-corrected chi connectivity index (χ3v) is 6.08. The second-order valence-corrected chi connectivity index (χ2v) is 8.77. The zero-order chi connectivity index (χ0) is 25.2. The van der Waals surface area contributed by atoms with Crippen molar-refractivity contribution in [3.63, 3.8) is 0 Å². The summed E-state index contributed by atoms with van der Waals surface area (Å²) in [4.78, 5) is 43.2. The van der Waals surface area contributed by atoms with Crippen LogP contribution in [0.25, 0.3) is 6.08 Å². The minimum absolute atomic E-state index is 0.0281. The van der Waals surface area contributed by atoms with E-state index in [0.29, 0.717) is 22.4 Å². The third kappa shape index (κ3) is 7.01. The summed E-state index contributed by atoms with van der Waals surface area (Å²) in [6.45, 7) is 0. The fraction of sp³-hybridized carbons (Fsp3) is 0.0345. The van der Waals surface area contributed by atoms with Crippen molar-refractivity contribution >= 4 is 41.1 Å². The number of amides is 2. The molecule has 4 rings (SSSR count). The SMILES string of the molecule is O=C(Nc1cccc(SCC(=O)c2ccccc2)c1)/C(=C/c1cccnc1)NC(=O)c1ccccc1. The van der Waals surface area contributed by atoms with Crippen LogP contribution in [-0.2, 0) is 4.79 Å². The van der Waals surface area contributed by atoms with Crippen molar-refractivity contribution in [3.8, 4) is 0 Å². The second kappa shape index (κ2) is 12.3. The van der Waals surface area contributed by atoms with E-state index in [9.17, 15) is 14.4 Å². The van der Waals surface area contributed by atoms with Crippen LogP contribution in [0.3, 0.4) is 0 Å².